The standard InChI is InChI=1S/C14H11ClF3N3O/c1-2-7-19-13(22)11-8-20-21(12(11)14(16,17)18)10-5-3-9(15)4-6-10/h2-6,8H,1,7H2,(H,19,22). The van der Waals surface area contributed by atoms with Gasteiger partial charge >= 0.3 is 6.18 Å². The van der Waals surface area contributed by atoms with Crippen LogP contribution in [0.25, 0.3) is 5.69 Å². The van der Waals surface area contributed by atoms with Gasteiger partial charge in [-0.15, -0.1) is 6.58 Å². The molecular formula is C14H11ClF3N3O. The number of rotatable bonds is 4. The van der Waals surface area contributed by atoms with Crippen molar-refractivity contribution in [3.05, 3.63) is 59.4 Å². The molecule has 4 nitrogen and oxygen atoms in total. The van der Waals surface area contributed by atoms with E-state index in [2.05, 4.69) is 17.0 Å². The van der Waals surface area contributed by atoms with Crippen LogP contribution in [0.3, 0.4) is 0 Å². The maximum Gasteiger partial charge on any atom is 0.434 e. The van der Waals surface area contributed by atoms with Gasteiger partial charge in [-0.2, -0.15) is 18.3 Å². The summed E-state index contributed by atoms with van der Waals surface area (Å²) in [5, 5.41) is 6.36. The first kappa shape index (κ1) is 16.1. The van der Waals surface area contributed by atoms with E-state index in [1.165, 1.54) is 30.3 Å². The van der Waals surface area contributed by atoms with Crippen molar-refractivity contribution in [1.82, 2.24) is 15.1 Å². The summed E-state index contributed by atoms with van der Waals surface area (Å²) in [6.07, 6.45) is -2.48. The Bertz CT molecular complexity index is 692. The average Bonchev–Trinajstić information content (AvgIpc) is 2.90. The van der Waals surface area contributed by atoms with Crippen molar-refractivity contribution in [3.8, 4) is 5.69 Å². The average molecular weight is 330 g/mol. The van der Waals surface area contributed by atoms with Crippen LogP contribution in [0.4, 0.5) is 13.2 Å². The first-order valence-corrected chi connectivity index (χ1v) is 6.52. The number of nitrogens with one attached hydrogen (secondary N) is 1. The molecule has 0 aliphatic carbocycles. The van der Waals surface area contributed by atoms with Crippen molar-refractivity contribution < 1.29 is 18.0 Å². The topological polar surface area (TPSA) is 46.9 Å². The molecule has 0 aliphatic rings. The fourth-order valence-corrected chi connectivity index (χ4v) is 1.95. The molecule has 116 valence electrons. The highest BCUT2D eigenvalue weighted by molar-refractivity contribution is 6.30. The molecule has 0 spiro atoms. The van der Waals surface area contributed by atoms with Gasteiger partial charge in [0.2, 0.25) is 0 Å². The zero-order chi connectivity index (χ0) is 16.3. The lowest BCUT2D eigenvalue weighted by Crippen LogP contribution is -2.26. The number of carbonyl (C=O) groups is 1. The molecule has 22 heavy (non-hydrogen) atoms. The molecule has 0 atom stereocenters. The Hall–Kier alpha value is -2.28. The van der Waals surface area contributed by atoms with Crippen LogP contribution in [0.1, 0.15) is 16.1 Å². The maximum absolute atomic E-state index is 13.3. The first-order valence-electron chi connectivity index (χ1n) is 6.15. The number of carbonyl (C=O) groups excluding carboxylic acids is 1. The summed E-state index contributed by atoms with van der Waals surface area (Å²) in [6.45, 7) is 3.45. The Morgan fingerprint density at radius 1 is 1.36 bits per heavy atom. The monoisotopic (exact) mass is 329 g/mol. The largest absolute Gasteiger partial charge is 0.434 e. The quantitative estimate of drug-likeness (QED) is 0.873. The highest BCUT2D eigenvalue weighted by Crippen LogP contribution is 2.33. The molecule has 0 radical (unpaired) electrons. The molecule has 2 rings (SSSR count). The summed E-state index contributed by atoms with van der Waals surface area (Å²) in [5.41, 5.74) is -1.54. The van der Waals surface area contributed by atoms with Gasteiger partial charge in [0, 0.05) is 11.6 Å². The lowest BCUT2D eigenvalue weighted by atomic mass is 10.2. The Kier molecular flexibility index (Phi) is 4.56. The SMILES string of the molecule is C=CCNC(=O)c1cnn(-c2ccc(Cl)cc2)c1C(F)(F)F. The summed E-state index contributed by atoms with van der Waals surface area (Å²) < 4.78 is 40.6. The van der Waals surface area contributed by atoms with E-state index in [0.717, 1.165) is 6.20 Å². The minimum absolute atomic E-state index is 0.0578. The number of alkyl halides is 3. The lowest BCUT2D eigenvalue weighted by molar-refractivity contribution is -0.143. The van der Waals surface area contributed by atoms with Crippen molar-refractivity contribution >= 4 is 17.5 Å². The molecule has 0 fully saturated rings. The number of nitrogens with zero attached hydrogens (tertiary/aromatic N) is 2. The highest BCUT2D eigenvalue weighted by atomic mass is 35.5. The molecule has 1 aromatic carbocycles. The van der Waals surface area contributed by atoms with Gasteiger partial charge in [0.1, 0.15) is 0 Å². The van der Waals surface area contributed by atoms with Crippen LogP contribution in [0.2, 0.25) is 5.02 Å². The van der Waals surface area contributed by atoms with E-state index in [1.807, 2.05) is 0 Å². The molecule has 1 N–H and O–H groups in total. The number of amides is 1. The van der Waals surface area contributed by atoms with Gasteiger partial charge in [-0.05, 0) is 24.3 Å². The van der Waals surface area contributed by atoms with Crippen LogP contribution in [-0.4, -0.2) is 22.2 Å². The summed E-state index contributed by atoms with van der Waals surface area (Å²) >= 11 is 5.72. The molecule has 0 unspecified atom stereocenters. The zero-order valence-corrected chi connectivity index (χ0v) is 11.9. The Morgan fingerprint density at radius 3 is 2.55 bits per heavy atom. The second kappa shape index (κ2) is 6.23. The zero-order valence-electron chi connectivity index (χ0n) is 11.2. The van der Waals surface area contributed by atoms with E-state index in [0.29, 0.717) is 9.70 Å². The lowest BCUT2D eigenvalue weighted by Gasteiger charge is -2.12. The third-order valence-electron chi connectivity index (χ3n) is 2.76. The van der Waals surface area contributed by atoms with Crippen molar-refractivity contribution in [1.29, 1.82) is 0 Å². The van der Waals surface area contributed by atoms with E-state index in [1.54, 1.807) is 0 Å². The van der Waals surface area contributed by atoms with Crippen LogP contribution < -0.4 is 5.32 Å². The minimum atomic E-state index is -4.74. The van der Waals surface area contributed by atoms with Crippen LogP contribution in [-0.2, 0) is 6.18 Å². The van der Waals surface area contributed by atoms with E-state index in [-0.39, 0.29) is 12.2 Å². The molecule has 0 aliphatic heterocycles. The van der Waals surface area contributed by atoms with Gasteiger partial charge in [0.15, 0.2) is 5.69 Å². The normalized spacial score (nSPS) is 11.3. The van der Waals surface area contributed by atoms with E-state index < -0.39 is 23.3 Å². The number of benzene rings is 1. The van der Waals surface area contributed by atoms with E-state index in [4.69, 9.17) is 11.6 Å². The number of hydrogen-bond donors (Lipinski definition) is 1. The molecule has 0 bridgehead atoms. The van der Waals surface area contributed by atoms with Crippen LogP contribution in [0.5, 0.6) is 0 Å². The predicted molar refractivity (Wildman–Crippen MR) is 76.1 cm³/mol. The van der Waals surface area contributed by atoms with Crippen LogP contribution in [0, 0.1) is 0 Å². The summed E-state index contributed by atoms with van der Waals surface area (Å²) in [4.78, 5) is 11.8. The van der Waals surface area contributed by atoms with Gasteiger partial charge in [-0.1, -0.05) is 17.7 Å². The smallest absolute Gasteiger partial charge is 0.348 e. The van der Waals surface area contributed by atoms with Crippen LogP contribution in [0.15, 0.2) is 43.1 Å². The van der Waals surface area contributed by atoms with Crippen molar-refractivity contribution in [2.45, 2.75) is 6.18 Å². The highest BCUT2D eigenvalue weighted by Gasteiger charge is 2.40. The third kappa shape index (κ3) is 3.30. The molecule has 1 amide bonds. The number of aromatic nitrogens is 2. The summed E-state index contributed by atoms with van der Waals surface area (Å²) in [7, 11) is 0. The van der Waals surface area contributed by atoms with Gasteiger partial charge in [0.25, 0.3) is 5.91 Å². The number of hydrogen-bond acceptors (Lipinski definition) is 2. The van der Waals surface area contributed by atoms with Crippen molar-refractivity contribution in [2.24, 2.45) is 0 Å². The maximum atomic E-state index is 13.3. The van der Waals surface area contributed by atoms with Gasteiger partial charge < -0.3 is 5.32 Å². The van der Waals surface area contributed by atoms with Crippen molar-refractivity contribution in [3.63, 3.8) is 0 Å². The summed E-state index contributed by atoms with van der Waals surface area (Å²) in [5.74, 6) is -0.868. The molecule has 2 aromatic rings. The van der Waals surface area contributed by atoms with Crippen molar-refractivity contribution in [2.75, 3.05) is 6.54 Å². The molecular weight excluding hydrogens is 319 g/mol. The van der Waals surface area contributed by atoms with Crippen LogP contribution >= 0.6 is 11.6 Å². The Labute approximate surface area is 129 Å². The Morgan fingerprint density at radius 2 is 2.00 bits per heavy atom. The molecule has 8 heteroatoms. The van der Waals surface area contributed by atoms with E-state index >= 15 is 0 Å². The second-order valence-electron chi connectivity index (χ2n) is 4.29. The first-order chi connectivity index (χ1) is 10.3. The van der Waals surface area contributed by atoms with E-state index in [9.17, 15) is 18.0 Å². The molecule has 0 saturated carbocycles. The third-order valence-corrected chi connectivity index (χ3v) is 3.01. The number of halogens is 4. The molecule has 0 saturated heterocycles. The predicted octanol–water partition coefficient (Wildman–Crippen LogP) is 3.46. The second-order valence-corrected chi connectivity index (χ2v) is 4.73. The molecule has 1 aromatic heterocycles. The summed E-state index contributed by atoms with van der Waals surface area (Å²) in [6, 6.07) is 5.65. The van der Waals surface area contributed by atoms with Gasteiger partial charge in [-0.25, -0.2) is 4.68 Å². The van der Waals surface area contributed by atoms with Gasteiger partial charge in [0.05, 0.1) is 17.4 Å². The fourth-order valence-electron chi connectivity index (χ4n) is 1.83. The fraction of sp³-hybridized carbons (Fsp3) is 0.143. The minimum Gasteiger partial charge on any atom is -0.348 e. The molecule has 1 heterocycles. The Balaban J connectivity index is 2.52. The van der Waals surface area contributed by atoms with Gasteiger partial charge in [-0.3, -0.25) is 4.79 Å².